The molecule has 1 aliphatic carbocycles. The van der Waals surface area contributed by atoms with Crippen LogP contribution in [-0.4, -0.2) is 6.54 Å². The van der Waals surface area contributed by atoms with Crippen LogP contribution in [0.2, 0.25) is 0 Å². The van der Waals surface area contributed by atoms with Crippen LogP contribution in [0.1, 0.15) is 29.2 Å². The average molecular weight is 194 g/mol. The molecule has 0 spiro atoms. The van der Waals surface area contributed by atoms with Crippen LogP contribution >= 0.6 is 0 Å². The lowest BCUT2D eigenvalue weighted by Crippen LogP contribution is -2.21. The van der Waals surface area contributed by atoms with E-state index in [1.807, 2.05) is 6.07 Å². The van der Waals surface area contributed by atoms with E-state index >= 15 is 0 Å². The van der Waals surface area contributed by atoms with Gasteiger partial charge in [-0.1, -0.05) is 6.07 Å². The summed E-state index contributed by atoms with van der Waals surface area (Å²) >= 11 is 0. The van der Waals surface area contributed by atoms with Gasteiger partial charge < -0.3 is 11.5 Å². The number of nitrogens with two attached hydrogens (primary N) is 2. The Morgan fingerprint density at radius 1 is 1.36 bits per heavy atom. The third kappa shape index (κ3) is 1.53. The molecule has 0 fully saturated rings. The normalized spacial score (nSPS) is 16.8. The van der Waals surface area contributed by atoms with E-state index in [0.717, 1.165) is 36.0 Å². The summed E-state index contributed by atoms with van der Waals surface area (Å²) in [5, 5.41) is 0. The van der Waals surface area contributed by atoms with E-state index in [1.54, 1.807) is 0 Å². The van der Waals surface area contributed by atoms with Gasteiger partial charge in [-0.25, -0.2) is 4.39 Å². The molecule has 0 heterocycles. The standard InChI is InChI=1S/C11H15FN2/c12-10-5-8(11(14)6-13)4-7-2-1-3-9(7)10/h4-5,11H,1-3,6,13-14H2/t11-/m1/s1. The molecular weight excluding hydrogens is 179 g/mol. The fourth-order valence-corrected chi connectivity index (χ4v) is 2.03. The van der Waals surface area contributed by atoms with Crippen molar-refractivity contribution < 1.29 is 4.39 Å². The quantitative estimate of drug-likeness (QED) is 0.745. The maximum Gasteiger partial charge on any atom is 0.127 e. The molecule has 1 atom stereocenters. The highest BCUT2D eigenvalue weighted by Gasteiger charge is 2.17. The van der Waals surface area contributed by atoms with E-state index in [9.17, 15) is 4.39 Å². The van der Waals surface area contributed by atoms with Gasteiger partial charge in [-0.3, -0.25) is 0 Å². The van der Waals surface area contributed by atoms with E-state index in [4.69, 9.17) is 11.5 Å². The predicted molar refractivity (Wildman–Crippen MR) is 54.4 cm³/mol. The van der Waals surface area contributed by atoms with Crippen molar-refractivity contribution in [3.63, 3.8) is 0 Å². The van der Waals surface area contributed by atoms with Crippen molar-refractivity contribution in [2.75, 3.05) is 6.54 Å². The van der Waals surface area contributed by atoms with Crippen molar-refractivity contribution in [3.05, 3.63) is 34.6 Å². The van der Waals surface area contributed by atoms with Crippen molar-refractivity contribution in [2.45, 2.75) is 25.3 Å². The number of benzene rings is 1. The van der Waals surface area contributed by atoms with Gasteiger partial charge in [0.2, 0.25) is 0 Å². The lowest BCUT2D eigenvalue weighted by Gasteiger charge is -2.11. The summed E-state index contributed by atoms with van der Waals surface area (Å²) in [4.78, 5) is 0. The number of halogens is 1. The molecule has 0 saturated carbocycles. The first-order valence-corrected chi connectivity index (χ1v) is 4.99. The van der Waals surface area contributed by atoms with Crippen LogP contribution in [0.4, 0.5) is 4.39 Å². The second-order valence-electron chi connectivity index (χ2n) is 3.84. The monoisotopic (exact) mass is 194 g/mol. The number of aryl methyl sites for hydroxylation is 1. The molecule has 1 aliphatic rings. The van der Waals surface area contributed by atoms with Crippen molar-refractivity contribution in [2.24, 2.45) is 11.5 Å². The maximum atomic E-state index is 13.6. The lowest BCUT2D eigenvalue weighted by molar-refractivity contribution is 0.605. The molecule has 2 nitrogen and oxygen atoms in total. The summed E-state index contributed by atoms with van der Waals surface area (Å²) < 4.78 is 13.6. The molecule has 3 heteroatoms. The van der Waals surface area contributed by atoms with E-state index in [-0.39, 0.29) is 11.9 Å². The van der Waals surface area contributed by atoms with Gasteiger partial charge >= 0.3 is 0 Å². The van der Waals surface area contributed by atoms with Crippen LogP contribution < -0.4 is 11.5 Å². The molecule has 2 rings (SSSR count). The van der Waals surface area contributed by atoms with Gasteiger partial charge in [0.05, 0.1) is 0 Å². The fourth-order valence-electron chi connectivity index (χ4n) is 2.03. The van der Waals surface area contributed by atoms with E-state index in [0.29, 0.717) is 6.54 Å². The van der Waals surface area contributed by atoms with Crippen molar-refractivity contribution in [1.82, 2.24) is 0 Å². The highest BCUT2D eigenvalue weighted by molar-refractivity contribution is 5.37. The third-order valence-electron chi connectivity index (χ3n) is 2.87. The van der Waals surface area contributed by atoms with E-state index < -0.39 is 0 Å². The Kier molecular flexibility index (Phi) is 2.52. The molecule has 4 N–H and O–H groups in total. The molecule has 1 aromatic rings. The smallest absolute Gasteiger partial charge is 0.127 e. The van der Waals surface area contributed by atoms with Gasteiger partial charge in [0.15, 0.2) is 0 Å². The van der Waals surface area contributed by atoms with Crippen LogP contribution in [0.15, 0.2) is 12.1 Å². The summed E-state index contributed by atoms with van der Waals surface area (Å²) in [5.74, 6) is -0.112. The summed E-state index contributed by atoms with van der Waals surface area (Å²) in [6.45, 7) is 0.359. The molecule has 0 bridgehead atoms. The van der Waals surface area contributed by atoms with E-state index in [2.05, 4.69) is 0 Å². The van der Waals surface area contributed by atoms with Crippen LogP contribution in [0.3, 0.4) is 0 Å². The highest BCUT2D eigenvalue weighted by Crippen LogP contribution is 2.27. The molecule has 0 aromatic heterocycles. The van der Waals surface area contributed by atoms with Crippen LogP contribution in [0.25, 0.3) is 0 Å². The number of rotatable bonds is 2. The van der Waals surface area contributed by atoms with Gasteiger partial charge in [0, 0.05) is 12.6 Å². The first-order valence-electron chi connectivity index (χ1n) is 4.99. The molecule has 76 valence electrons. The molecular formula is C11H15FN2. The molecule has 0 aliphatic heterocycles. The number of fused-ring (bicyclic) bond motifs is 1. The first kappa shape index (κ1) is 9.62. The zero-order valence-electron chi connectivity index (χ0n) is 8.09. The zero-order valence-corrected chi connectivity index (χ0v) is 8.09. The fraction of sp³-hybridized carbons (Fsp3) is 0.455. The minimum absolute atomic E-state index is 0.112. The van der Waals surface area contributed by atoms with Gasteiger partial charge in [0.25, 0.3) is 0 Å². The van der Waals surface area contributed by atoms with Crippen LogP contribution in [0, 0.1) is 5.82 Å². The second kappa shape index (κ2) is 3.67. The Morgan fingerprint density at radius 2 is 2.14 bits per heavy atom. The average Bonchev–Trinajstić information content (AvgIpc) is 2.64. The number of hydrogen-bond donors (Lipinski definition) is 2. The van der Waals surface area contributed by atoms with Crippen molar-refractivity contribution >= 4 is 0 Å². The Bertz CT molecular complexity index is 349. The minimum atomic E-state index is -0.240. The summed E-state index contributed by atoms with van der Waals surface area (Å²) in [6.07, 6.45) is 2.88. The Balaban J connectivity index is 2.41. The molecule has 1 aromatic carbocycles. The van der Waals surface area contributed by atoms with Gasteiger partial charge in [-0.15, -0.1) is 0 Å². The molecule has 0 unspecified atom stereocenters. The maximum absolute atomic E-state index is 13.6. The molecule has 0 amide bonds. The van der Waals surface area contributed by atoms with Crippen LogP contribution in [-0.2, 0) is 12.8 Å². The third-order valence-corrected chi connectivity index (χ3v) is 2.87. The minimum Gasteiger partial charge on any atom is -0.329 e. The predicted octanol–water partition coefficient (Wildman–Crippen LogP) is 1.27. The SMILES string of the molecule is NC[C@@H](N)c1cc(F)c2c(c1)CCC2. The first-order chi connectivity index (χ1) is 6.72. The zero-order chi connectivity index (χ0) is 10.1. The molecule has 14 heavy (non-hydrogen) atoms. The Labute approximate surface area is 83.1 Å². The van der Waals surface area contributed by atoms with Gasteiger partial charge in [0.1, 0.15) is 5.82 Å². The largest absolute Gasteiger partial charge is 0.329 e. The Morgan fingerprint density at radius 3 is 2.86 bits per heavy atom. The highest BCUT2D eigenvalue weighted by atomic mass is 19.1. The summed E-state index contributed by atoms with van der Waals surface area (Å²) in [5.41, 5.74) is 14.0. The summed E-state index contributed by atoms with van der Waals surface area (Å²) in [6, 6.07) is 3.29. The summed E-state index contributed by atoms with van der Waals surface area (Å²) in [7, 11) is 0. The topological polar surface area (TPSA) is 52.0 Å². The van der Waals surface area contributed by atoms with Crippen LogP contribution in [0.5, 0.6) is 0 Å². The molecule has 0 radical (unpaired) electrons. The van der Waals surface area contributed by atoms with Gasteiger partial charge in [-0.05, 0) is 42.0 Å². The van der Waals surface area contributed by atoms with Crippen molar-refractivity contribution in [3.8, 4) is 0 Å². The van der Waals surface area contributed by atoms with Crippen molar-refractivity contribution in [1.29, 1.82) is 0 Å². The van der Waals surface area contributed by atoms with E-state index in [1.165, 1.54) is 6.07 Å². The lowest BCUT2D eigenvalue weighted by atomic mass is 10.0. The van der Waals surface area contributed by atoms with Gasteiger partial charge in [-0.2, -0.15) is 0 Å². The second-order valence-corrected chi connectivity index (χ2v) is 3.84. The Hall–Kier alpha value is -0.930. The number of hydrogen-bond acceptors (Lipinski definition) is 2. The molecule has 0 saturated heterocycles.